The lowest BCUT2D eigenvalue weighted by molar-refractivity contribution is -0.136. The molecule has 0 unspecified atom stereocenters. The lowest BCUT2D eigenvalue weighted by Crippen LogP contribution is -2.53. The molecule has 1 aliphatic carbocycles. The molecule has 7 nitrogen and oxygen atoms in total. The Morgan fingerprint density at radius 2 is 2.00 bits per heavy atom. The molecule has 1 atom stereocenters. The number of rotatable bonds is 6. The van der Waals surface area contributed by atoms with Gasteiger partial charge in [0.05, 0.1) is 5.56 Å². The summed E-state index contributed by atoms with van der Waals surface area (Å²) in [7, 11) is 0. The van der Waals surface area contributed by atoms with E-state index in [2.05, 4.69) is 22.1 Å². The molecule has 2 aromatic rings. The number of benzene rings is 1. The first-order chi connectivity index (χ1) is 16.2. The number of aryl methyl sites for hydroxylation is 1. The molecule has 8 heteroatoms. The first-order valence-electron chi connectivity index (χ1n) is 11.7. The molecule has 0 radical (unpaired) electrons. The average molecular weight is 480 g/mol. The van der Waals surface area contributed by atoms with Crippen molar-refractivity contribution in [3.05, 3.63) is 57.4 Å². The van der Waals surface area contributed by atoms with Crippen molar-refractivity contribution in [2.24, 2.45) is 5.92 Å². The van der Waals surface area contributed by atoms with E-state index >= 15 is 0 Å². The second-order valence-corrected chi connectivity index (χ2v) is 9.95. The lowest BCUT2D eigenvalue weighted by atomic mass is 10.0. The summed E-state index contributed by atoms with van der Waals surface area (Å²) >= 11 is 6.41. The van der Waals surface area contributed by atoms with Gasteiger partial charge in [0, 0.05) is 55.5 Å². The molecule has 0 bridgehead atoms. The van der Waals surface area contributed by atoms with Crippen molar-refractivity contribution in [3.63, 3.8) is 0 Å². The Morgan fingerprint density at radius 1 is 1.24 bits per heavy atom. The molecule has 2 amide bonds. The van der Waals surface area contributed by atoms with Crippen LogP contribution in [0.3, 0.4) is 0 Å². The first kappa shape index (κ1) is 24.2. The van der Waals surface area contributed by atoms with Crippen LogP contribution in [0.5, 0.6) is 0 Å². The standard InChI is InChI=1S/C26H30ClN5O2/c1-16-8-20(13-29-24(16)12-28)26(34)30-23-11-22(27)10-21(18(23)3)15-31-6-7-32(17(2)14-31)25(33)9-19-4-5-19/h8,10-11,13,17,19H,4-7,9,14-15H2,1-3H3,(H,30,34)/t17-/m0/s1. The summed E-state index contributed by atoms with van der Waals surface area (Å²) in [6.07, 6.45) is 4.48. The highest BCUT2D eigenvalue weighted by Crippen LogP contribution is 2.33. The fraction of sp³-hybridized carbons (Fsp3) is 0.462. The van der Waals surface area contributed by atoms with Gasteiger partial charge in [0.1, 0.15) is 11.8 Å². The smallest absolute Gasteiger partial charge is 0.257 e. The minimum absolute atomic E-state index is 0.172. The number of hydrogen-bond donors (Lipinski definition) is 1. The van der Waals surface area contributed by atoms with Crippen LogP contribution in [-0.4, -0.2) is 52.3 Å². The van der Waals surface area contributed by atoms with E-state index in [0.29, 0.717) is 46.4 Å². The molecular formula is C26H30ClN5O2. The zero-order valence-electron chi connectivity index (χ0n) is 19.9. The normalized spacial score (nSPS) is 18.4. The van der Waals surface area contributed by atoms with Crippen LogP contribution in [0.15, 0.2) is 24.4 Å². The summed E-state index contributed by atoms with van der Waals surface area (Å²) in [4.78, 5) is 33.8. The monoisotopic (exact) mass is 479 g/mol. The number of amides is 2. The average Bonchev–Trinajstić information content (AvgIpc) is 3.60. The van der Waals surface area contributed by atoms with E-state index in [-0.39, 0.29) is 17.9 Å². The highest BCUT2D eigenvalue weighted by Gasteiger charge is 2.32. The Balaban J connectivity index is 1.43. The molecule has 34 heavy (non-hydrogen) atoms. The minimum Gasteiger partial charge on any atom is -0.337 e. The van der Waals surface area contributed by atoms with Crippen molar-refractivity contribution in [3.8, 4) is 6.07 Å². The highest BCUT2D eigenvalue weighted by atomic mass is 35.5. The number of hydrogen-bond acceptors (Lipinski definition) is 5. The molecular weight excluding hydrogens is 450 g/mol. The summed E-state index contributed by atoms with van der Waals surface area (Å²) in [6, 6.07) is 7.53. The van der Waals surface area contributed by atoms with Crippen LogP contribution >= 0.6 is 11.6 Å². The number of nitrogens with zero attached hydrogens (tertiary/aromatic N) is 4. The van der Waals surface area contributed by atoms with Crippen LogP contribution in [0.2, 0.25) is 5.02 Å². The number of piperazine rings is 1. The van der Waals surface area contributed by atoms with E-state index < -0.39 is 0 Å². The van der Waals surface area contributed by atoms with E-state index in [0.717, 1.165) is 30.8 Å². The van der Waals surface area contributed by atoms with Crippen LogP contribution in [0.25, 0.3) is 0 Å². The molecule has 1 aromatic carbocycles. The zero-order valence-corrected chi connectivity index (χ0v) is 20.7. The third-order valence-electron chi connectivity index (χ3n) is 6.76. The fourth-order valence-electron chi connectivity index (χ4n) is 4.51. The predicted molar refractivity (Wildman–Crippen MR) is 132 cm³/mol. The Hall–Kier alpha value is -2.95. The Bertz CT molecular complexity index is 1150. The second-order valence-electron chi connectivity index (χ2n) is 9.51. The molecule has 1 saturated carbocycles. The van der Waals surface area contributed by atoms with Gasteiger partial charge in [-0.1, -0.05) is 11.6 Å². The molecule has 178 valence electrons. The van der Waals surface area contributed by atoms with Gasteiger partial charge in [-0.15, -0.1) is 0 Å². The largest absolute Gasteiger partial charge is 0.337 e. The van der Waals surface area contributed by atoms with E-state index in [1.54, 1.807) is 19.1 Å². The zero-order chi connectivity index (χ0) is 24.4. The maximum Gasteiger partial charge on any atom is 0.257 e. The summed E-state index contributed by atoms with van der Waals surface area (Å²) in [5, 5.41) is 12.6. The fourth-order valence-corrected chi connectivity index (χ4v) is 4.76. The molecule has 2 fully saturated rings. The van der Waals surface area contributed by atoms with Crippen molar-refractivity contribution in [1.29, 1.82) is 5.26 Å². The second kappa shape index (κ2) is 10.1. The van der Waals surface area contributed by atoms with Crippen LogP contribution in [0.1, 0.15) is 58.9 Å². The third-order valence-corrected chi connectivity index (χ3v) is 6.98. The van der Waals surface area contributed by atoms with E-state index in [9.17, 15) is 9.59 Å². The van der Waals surface area contributed by atoms with Gasteiger partial charge >= 0.3 is 0 Å². The van der Waals surface area contributed by atoms with Crippen LogP contribution in [0.4, 0.5) is 5.69 Å². The van der Waals surface area contributed by atoms with Gasteiger partial charge in [0.25, 0.3) is 5.91 Å². The summed E-state index contributed by atoms with van der Waals surface area (Å²) in [5.74, 6) is 0.586. The molecule has 4 rings (SSSR count). The quantitative estimate of drug-likeness (QED) is 0.666. The van der Waals surface area contributed by atoms with E-state index in [4.69, 9.17) is 16.9 Å². The number of anilines is 1. The number of carbonyl (C=O) groups is 2. The number of nitriles is 1. The van der Waals surface area contributed by atoms with Gasteiger partial charge in [-0.3, -0.25) is 14.5 Å². The van der Waals surface area contributed by atoms with Crippen molar-refractivity contribution in [1.82, 2.24) is 14.8 Å². The molecule has 1 aromatic heterocycles. The number of aromatic nitrogens is 1. The molecule has 0 spiro atoms. The maximum atomic E-state index is 12.8. The van der Waals surface area contributed by atoms with Crippen molar-refractivity contribution in [2.45, 2.75) is 52.6 Å². The molecule has 1 N–H and O–H groups in total. The summed E-state index contributed by atoms with van der Waals surface area (Å²) in [6.45, 7) is 8.89. The molecule has 2 aliphatic rings. The lowest BCUT2D eigenvalue weighted by Gasteiger charge is -2.40. The summed E-state index contributed by atoms with van der Waals surface area (Å²) < 4.78 is 0. The van der Waals surface area contributed by atoms with Gasteiger partial charge in [-0.25, -0.2) is 4.98 Å². The van der Waals surface area contributed by atoms with Gasteiger partial charge < -0.3 is 10.2 Å². The topological polar surface area (TPSA) is 89.3 Å². The maximum absolute atomic E-state index is 12.8. The molecule has 2 heterocycles. The van der Waals surface area contributed by atoms with Gasteiger partial charge in [-0.2, -0.15) is 5.26 Å². The third kappa shape index (κ3) is 5.57. The molecule has 1 saturated heterocycles. The van der Waals surface area contributed by atoms with Crippen LogP contribution < -0.4 is 5.32 Å². The van der Waals surface area contributed by atoms with Gasteiger partial charge in [-0.05, 0) is 74.4 Å². The summed E-state index contributed by atoms with van der Waals surface area (Å²) in [5.41, 5.74) is 4.00. The van der Waals surface area contributed by atoms with Crippen LogP contribution in [-0.2, 0) is 11.3 Å². The van der Waals surface area contributed by atoms with Crippen molar-refractivity contribution in [2.75, 3.05) is 25.0 Å². The highest BCUT2D eigenvalue weighted by molar-refractivity contribution is 6.31. The van der Waals surface area contributed by atoms with Gasteiger partial charge in [0.2, 0.25) is 5.91 Å². The number of halogens is 1. The first-order valence-corrected chi connectivity index (χ1v) is 12.1. The van der Waals surface area contributed by atoms with Crippen molar-refractivity contribution >= 4 is 29.1 Å². The SMILES string of the molecule is Cc1cc(C(=O)Nc2cc(Cl)cc(CN3CCN(C(=O)CC4CC4)[C@@H](C)C3)c2C)cnc1C#N. The van der Waals surface area contributed by atoms with E-state index in [1.807, 2.05) is 24.0 Å². The van der Waals surface area contributed by atoms with E-state index in [1.165, 1.54) is 19.0 Å². The Morgan fingerprint density at radius 3 is 2.65 bits per heavy atom. The van der Waals surface area contributed by atoms with Crippen molar-refractivity contribution < 1.29 is 9.59 Å². The molecule has 1 aliphatic heterocycles. The predicted octanol–water partition coefficient (Wildman–Crippen LogP) is 4.31. The Kier molecular flexibility index (Phi) is 7.20. The number of pyridine rings is 1. The number of nitrogens with one attached hydrogen (secondary N) is 1. The number of carbonyl (C=O) groups excluding carboxylic acids is 2. The van der Waals surface area contributed by atoms with Crippen LogP contribution in [0, 0.1) is 31.1 Å². The van der Waals surface area contributed by atoms with Gasteiger partial charge in [0.15, 0.2) is 0 Å². The minimum atomic E-state index is -0.298. The Labute approximate surface area is 205 Å².